The van der Waals surface area contributed by atoms with E-state index in [1.807, 2.05) is 13.0 Å². The monoisotopic (exact) mass is 233 g/mol. The summed E-state index contributed by atoms with van der Waals surface area (Å²) in [6, 6.07) is 4.21. The topological polar surface area (TPSA) is 39.2 Å². The van der Waals surface area contributed by atoms with Crippen molar-refractivity contribution in [2.24, 2.45) is 0 Å². The molecule has 0 unspecified atom stereocenters. The summed E-state index contributed by atoms with van der Waals surface area (Å²) >= 11 is 0. The van der Waals surface area contributed by atoms with Crippen molar-refractivity contribution in [2.45, 2.75) is 45.4 Å². The zero-order valence-corrected chi connectivity index (χ0v) is 10.4. The lowest BCUT2D eigenvalue weighted by molar-refractivity contribution is -0.143. The number of fused-ring (bicyclic) bond motifs is 1. The lowest BCUT2D eigenvalue weighted by Crippen LogP contribution is -2.09. The normalized spacial score (nSPS) is 14.2. The third-order valence-electron chi connectivity index (χ3n) is 3.13. The number of pyridine rings is 1. The Morgan fingerprint density at radius 2 is 2.18 bits per heavy atom. The largest absolute Gasteiger partial charge is 0.466 e. The lowest BCUT2D eigenvalue weighted by Gasteiger charge is -2.15. The number of hydrogen-bond donors (Lipinski definition) is 0. The van der Waals surface area contributed by atoms with E-state index in [1.54, 1.807) is 0 Å². The molecule has 0 bridgehead atoms. The zero-order valence-electron chi connectivity index (χ0n) is 10.4. The molecule has 0 radical (unpaired) electrons. The number of rotatable bonds is 4. The highest BCUT2D eigenvalue weighted by molar-refractivity contribution is 5.69. The van der Waals surface area contributed by atoms with Gasteiger partial charge in [0.15, 0.2) is 0 Å². The second-order valence-corrected chi connectivity index (χ2v) is 4.42. The maximum Gasteiger partial charge on any atom is 0.306 e. The Bertz CT molecular complexity index is 401. The molecule has 0 saturated heterocycles. The number of carbonyl (C=O) groups is 1. The molecule has 3 heteroatoms. The van der Waals surface area contributed by atoms with Gasteiger partial charge in [0.1, 0.15) is 0 Å². The highest BCUT2D eigenvalue weighted by Gasteiger charge is 2.11. The highest BCUT2D eigenvalue weighted by Crippen LogP contribution is 2.19. The molecule has 1 aliphatic carbocycles. The Labute approximate surface area is 102 Å². The van der Waals surface area contributed by atoms with Gasteiger partial charge in [-0.2, -0.15) is 0 Å². The molecule has 0 spiro atoms. The number of aromatic nitrogens is 1. The molecule has 92 valence electrons. The second kappa shape index (κ2) is 5.80. The van der Waals surface area contributed by atoms with E-state index in [9.17, 15) is 4.79 Å². The van der Waals surface area contributed by atoms with Crippen LogP contribution in [0.15, 0.2) is 12.1 Å². The van der Waals surface area contributed by atoms with Crippen molar-refractivity contribution < 1.29 is 9.53 Å². The van der Waals surface area contributed by atoms with E-state index in [0.717, 1.165) is 18.5 Å². The van der Waals surface area contributed by atoms with Crippen molar-refractivity contribution in [2.75, 3.05) is 6.61 Å². The van der Waals surface area contributed by atoms with Crippen molar-refractivity contribution in [3.63, 3.8) is 0 Å². The Kier molecular flexibility index (Phi) is 4.13. The third-order valence-corrected chi connectivity index (χ3v) is 3.13. The molecule has 1 heterocycles. The molecule has 2 rings (SSSR count). The van der Waals surface area contributed by atoms with Gasteiger partial charge in [-0.1, -0.05) is 6.07 Å². The fraction of sp³-hybridized carbons (Fsp3) is 0.571. The molecule has 0 N–H and O–H groups in total. The highest BCUT2D eigenvalue weighted by atomic mass is 16.5. The molecular formula is C14H19NO2. The van der Waals surface area contributed by atoms with Crippen LogP contribution < -0.4 is 0 Å². The minimum Gasteiger partial charge on any atom is -0.466 e. The average molecular weight is 233 g/mol. The van der Waals surface area contributed by atoms with Crippen LogP contribution in [0.25, 0.3) is 0 Å². The van der Waals surface area contributed by atoms with E-state index in [4.69, 9.17) is 4.74 Å². The zero-order chi connectivity index (χ0) is 12.1. The fourth-order valence-corrected chi connectivity index (χ4v) is 2.23. The Morgan fingerprint density at radius 3 is 3.00 bits per heavy atom. The molecule has 0 amide bonds. The summed E-state index contributed by atoms with van der Waals surface area (Å²) in [5.41, 5.74) is 3.63. The van der Waals surface area contributed by atoms with Crippen molar-refractivity contribution in [1.82, 2.24) is 4.98 Å². The first kappa shape index (κ1) is 12.1. The molecule has 0 atom stereocenters. The summed E-state index contributed by atoms with van der Waals surface area (Å²) in [4.78, 5) is 15.9. The van der Waals surface area contributed by atoms with Gasteiger partial charge in [-0.25, -0.2) is 0 Å². The van der Waals surface area contributed by atoms with Gasteiger partial charge in [-0.15, -0.1) is 0 Å². The van der Waals surface area contributed by atoms with E-state index < -0.39 is 0 Å². The fourth-order valence-electron chi connectivity index (χ4n) is 2.23. The average Bonchev–Trinajstić information content (AvgIpc) is 2.36. The quantitative estimate of drug-likeness (QED) is 0.750. The summed E-state index contributed by atoms with van der Waals surface area (Å²) in [5.74, 6) is -0.132. The molecule has 0 aromatic carbocycles. The number of esters is 1. The van der Waals surface area contributed by atoms with Crippen molar-refractivity contribution in [3.05, 3.63) is 29.1 Å². The molecular weight excluding hydrogens is 214 g/mol. The molecule has 1 aliphatic rings. The number of hydrogen-bond acceptors (Lipinski definition) is 3. The molecule has 0 aliphatic heterocycles. The Morgan fingerprint density at radius 1 is 1.35 bits per heavy atom. The maximum absolute atomic E-state index is 11.3. The van der Waals surface area contributed by atoms with Crippen LogP contribution in [0, 0.1) is 0 Å². The summed E-state index contributed by atoms with van der Waals surface area (Å²) in [6.45, 7) is 2.28. The van der Waals surface area contributed by atoms with Gasteiger partial charge in [0.05, 0.1) is 13.0 Å². The molecule has 3 nitrogen and oxygen atoms in total. The number of aryl methyl sites for hydroxylation is 3. The van der Waals surface area contributed by atoms with Gasteiger partial charge in [0.25, 0.3) is 0 Å². The predicted octanol–water partition coefficient (Wildman–Crippen LogP) is 2.46. The van der Waals surface area contributed by atoms with E-state index in [2.05, 4.69) is 11.1 Å². The van der Waals surface area contributed by atoms with Gasteiger partial charge in [0.2, 0.25) is 0 Å². The van der Waals surface area contributed by atoms with E-state index in [0.29, 0.717) is 19.4 Å². The molecule has 1 aromatic rings. The van der Waals surface area contributed by atoms with Gasteiger partial charge in [0, 0.05) is 17.8 Å². The maximum atomic E-state index is 11.3. The Hall–Kier alpha value is -1.38. The number of ether oxygens (including phenoxy) is 1. The summed E-state index contributed by atoms with van der Waals surface area (Å²) in [7, 11) is 0. The van der Waals surface area contributed by atoms with Crippen LogP contribution in [0.1, 0.15) is 43.1 Å². The van der Waals surface area contributed by atoms with Crippen molar-refractivity contribution in [1.29, 1.82) is 0 Å². The smallest absolute Gasteiger partial charge is 0.306 e. The number of carbonyl (C=O) groups excluding carboxylic acids is 1. The van der Waals surface area contributed by atoms with E-state index in [1.165, 1.54) is 24.1 Å². The third kappa shape index (κ3) is 3.29. The van der Waals surface area contributed by atoms with Crippen LogP contribution in [0.5, 0.6) is 0 Å². The van der Waals surface area contributed by atoms with Crippen LogP contribution in [-0.4, -0.2) is 17.6 Å². The summed E-state index contributed by atoms with van der Waals surface area (Å²) in [6.07, 6.45) is 5.87. The second-order valence-electron chi connectivity index (χ2n) is 4.42. The SMILES string of the molecule is CCOC(=O)CCc1ccc2c(n1)CCCC2. The standard InChI is InChI=1S/C14H19NO2/c1-2-17-14(16)10-9-12-8-7-11-5-3-4-6-13(11)15-12/h7-8H,2-6,9-10H2,1H3. The first-order valence-electron chi connectivity index (χ1n) is 6.43. The van der Waals surface area contributed by atoms with Gasteiger partial charge in [-0.3, -0.25) is 9.78 Å². The van der Waals surface area contributed by atoms with Crippen LogP contribution >= 0.6 is 0 Å². The van der Waals surface area contributed by atoms with Gasteiger partial charge < -0.3 is 4.74 Å². The first-order chi connectivity index (χ1) is 8.29. The molecule has 17 heavy (non-hydrogen) atoms. The van der Waals surface area contributed by atoms with Crippen molar-refractivity contribution in [3.8, 4) is 0 Å². The van der Waals surface area contributed by atoms with E-state index >= 15 is 0 Å². The molecule has 1 aromatic heterocycles. The first-order valence-corrected chi connectivity index (χ1v) is 6.43. The minimum atomic E-state index is -0.132. The van der Waals surface area contributed by atoms with Crippen LogP contribution in [0.4, 0.5) is 0 Å². The molecule has 0 saturated carbocycles. The van der Waals surface area contributed by atoms with E-state index in [-0.39, 0.29) is 5.97 Å². The van der Waals surface area contributed by atoms with Crippen LogP contribution in [0.3, 0.4) is 0 Å². The minimum absolute atomic E-state index is 0.132. The Balaban J connectivity index is 1.95. The predicted molar refractivity (Wildman–Crippen MR) is 65.8 cm³/mol. The molecule has 0 fully saturated rings. The van der Waals surface area contributed by atoms with Crippen LogP contribution in [-0.2, 0) is 28.8 Å². The van der Waals surface area contributed by atoms with Crippen molar-refractivity contribution >= 4 is 5.97 Å². The van der Waals surface area contributed by atoms with Crippen LogP contribution in [0.2, 0.25) is 0 Å². The van der Waals surface area contributed by atoms with Gasteiger partial charge >= 0.3 is 5.97 Å². The summed E-state index contributed by atoms with van der Waals surface area (Å²) < 4.78 is 4.91. The van der Waals surface area contributed by atoms with Gasteiger partial charge in [-0.05, 0) is 44.2 Å². The number of nitrogens with zero attached hydrogens (tertiary/aromatic N) is 1. The lowest BCUT2D eigenvalue weighted by atomic mass is 9.95. The summed E-state index contributed by atoms with van der Waals surface area (Å²) in [5, 5.41) is 0.